The first-order chi connectivity index (χ1) is 20.6. The van der Waals surface area contributed by atoms with Gasteiger partial charge in [-0.15, -0.1) is 0 Å². The molecule has 0 aliphatic heterocycles. The van der Waals surface area contributed by atoms with Gasteiger partial charge in [-0.25, -0.2) is 8.78 Å². The SMILES string of the molecule is CCCN(CCC)C(=O)c1cc(C(N)=O)cc(C(=O)NCC(O)C(O)C(C)C(=O)NCC(C)C)c1.Cc1cc(F)cc(F)c1. The van der Waals surface area contributed by atoms with Crippen molar-refractivity contribution in [1.82, 2.24) is 15.5 Å². The van der Waals surface area contributed by atoms with Crippen molar-refractivity contribution < 1.29 is 38.2 Å². The normalized spacial score (nSPS) is 12.8. The minimum absolute atomic E-state index is 0.00461. The van der Waals surface area contributed by atoms with Gasteiger partial charge in [0.25, 0.3) is 11.8 Å². The Labute approximate surface area is 258 Å². The highest BCUT2D eigenvalue weighted by Gasteiger charge is 2.29. The first-order valence-corrected chi connectivity index (χ1v) is 14.7. The zero-order chi connectivity index (χ0) is 33.6. The molecule has 244 valence electrons. The number of primary amides is 1. The van der Waals surface area contributed by atoms with Crippen molar-refractivity contribution in [2.45, 2.75) is 66.6 Å². The van der Waals surface area contributed by atoms with Crippen LogP contribution in [0.1, 0.15) is 84.1 Å². The van der Waals surface area contributed by atoms with Crippen LogP contribution in [-0.4, -0.2) is 77.1 Å². The van der Waals surface area contributed by atoms with Gasteiger partial charge in [0.15, 0.2) is 0 Å². The topological polar surface area (TPSA) is 162 Å². The number of aliphatic hydroxyl groups excluding tert-OH is 2. The Bertz CT molecular complexity index is 1220. The molecule has 2 aromatic carbocycles. The van der Waals surface area contributed by atoms with E-state index in [0.29, 0.717) is 25.2 Å². The van der Waals surface area contributed by atoms with Gasteiger partial charge in [0.1, 0.15) is 11.6 Å². The second-order valence-electron chi connectivity index (χ2n) is 11.1. The van der Waals surface area contributed by atoms with E-state index >= 15 is 0 Å². The van der Waals surface area contributed by atoms with E-state index in [1.54, 1.807) is 11.8 Å². The smallest absolute Gasteiger partial charge is 0.253 e. The zero-order valence-corrected chi connectivity index (χ0v) is 26.3. The molecule has 0 saturated heterocycles. The Balaban J connectivity index is 0.000000912. The second kappa shape index (κ2) is 18.7. The van der Waals surface area contributed by atoms with E-state index in [-0.39, 0.29) is 35.1 Å². The van der Waals surface area contributed by atoms with E-state index < -0.39 is 47.5 Å². The fourth-order valence-electron chi connectivity index (χ4n) is 4.13. The summed E-state index contributed by atoms with van der Waals surface area (Å²) in [5.74, 6) is -3.88. The molecule has 0 fully saturated rings. The minimum Gasteiger partial charge on any atom is -0.390 e. The number of hydrogen-bond acceptors (Lipinski definition) is 6. The van der Waals surface area contributed by atoms with Crippen LogP contribution >= 0.6 is 0 Å². The quantitative estimate of drug-likeness (QED) is 0.218. The summed E-state index contributed by atoms with van der Waals surface area (Å²) in [7, 11) is 0. The molecule has 3 atom stereocenters. The summed E-state index contributed by atoms with van der Waals surface area (Å²) in [5.41, 5.74) is 6.19. The molecule has 0 spiro atoms. The van der Waals surface area contributed by atoms with Crippen LogP contribution in [0.15, 0.2) is 36.4 Å². The summed E-state index contributed by atoms with van der Waals surface area (Å²) >= 11 is 0. The van der Waals surface area contributed by atoms with E-state index in [0.717, 1.165) is 18.9 Å². The minimum atomic E-state index is -1.41. The maximum atomic E-state index is 13.0. The number of aryl methyl sites for hydroxylation is 1. The third-order valence-electron chi connectivity index (χ3n) is 6.48. The van der Waals surface area contributed by atoms with Crippen LogP contribution in [-0.2, 0) is 4.79 Å². The van der Waals surface area contributed by atoms with E-state index in [4.69, 9.17) is 5.73 Å². The number of hydrogen-bond donors (Lipinski definition) is 5. The molecule has 6 N–H and O–H groups in total. The monoisotopic (exact) mass is 620 g/mol. The molecule has 10 nitrogen and oxygen atoms in total. The van der Waals surface area contributed by atoms with Crippen LogP contribution < -0.4 is 16.4 Å². The summed E-state index contributed by atoms with van der Waals surface area (Å²) in [5, 5.41) is 25.8. The lowest BCUT2D eigenvalue weighted by atomic mass is 9.98. The maximum absolute atomic E-state index is 13.0. The van der Waals surface area contributed by atoms with Crippen molar-refractivity contribution in [3.63, 3.8) is 0 Å². The summed E-state index contributed by atoms with van der Waals surface area (Å²) < 4.78 is 24.4. The van der Waals surface area contributed by atoms with Crippen LogP contribution in [0.5, 0.6) is 0 Å². The molecular weight excluding hydrogens is 574 g/mol. The molecule has 0 aliphatic carbocycles. The lowest BCUT2D eigenvalue weighted by molar-refractivity contribution is -0.131. The number of amides is 4. The van der Waals surface area contributed by atoms with E-state index in [9.17, 15) is 38.2 Å². The largest absolute Gasteiger partial charge is 0.390 e. The molecule has 0 bridgehead atoms. The number of benzene rings is 2. The van der Waals surface area contributed by atoms with Gasteiger partial charge in [0.2, 0.25) is 11.8 Å². The molecule has 0 aliphatic rings. The lowest BCUT2D eigenvalue weighted by Crippen LogP contribution is -2.46. The Morgan fingerprint density at radius 2 is 1.34 bits per heavy atom. The highest BCUT2D eigenvalue weighted by molar-refractivity contribution is 6.04. The predicted octanol–water partition coefficient (Wildman–Crippen LogP) is 3.18. The number of halogens is 2. The summed E-state index contributed by atoms with van der Waals surface area (Å²) in [6.07, 6.45) is -1.32. The molecule has 2 rings (SSSR count). The number of carbonyl (C=O) groups is 4. The van der Waals surface area contributed by atoms with Crippen molar-refractivity contribution in [2.24, 2.45) is 17.6 Å². The van der Waals surface area contributed by atoms with Crippen LogP contribution in [0.3, 0.4) is 0 Å². The highest BCUT2D eigenvalue weighted by Crippen LogP contribution is 2.15. The Morgan fingerprint density at radius 1 is 0.818 bits per heavy atom. The van der Waals surface area contributed by atoms with Crippen molar-refractivity contribution >= 4 is 23.6 Å². The van der Waals surface area contributed by atoms with Gasteiger partial charge in [-0.1, -0.05) is 34.6 Å². The molecule has 0 heterocycles. The molecule has 3 unspecified atom stereocenters. The summed E-state index contributed by atoms with van der Waals surface area (Å²) in [6, 6.07) is 7.41. The Morgan fingerprint density at radius 3 is 1.82 bits per heavy atom. The molecule has 0 aromatic heterocycles. The van der Waals surface area contributed by atoms with Gasteiger partial charge in [-0.2, -0.15) is 0 Å². The van der Waals surface area contributed by atoms with E-state index in [1.165, 1.54) is 37.3 Å². The number of carbonyl (C=O) groups excluding carboxylic acids is 4. The summed E-state index contributed by atoms with van der Waals surface area (Å²) in [6.45, 7) is 12.0. The number of aliphatic hydroxyl groups is 2. The van der Waals surface area contributed by atoms with Crippen molar-refractivity contribution in [3.05, 3.63) is 70.3 Å². The van der Waals surface area contributed by atoms with Gasteiger partial charge in [0, 0.05) is 48.9 Å². The maximum Gasteiger partial charge on any atom is 0.253 e. The number of rotatable bonds is 14. The average Bonchev–Trinajstić information content (AvgIpc) is 2.96. The van der Waals surface area contributed by atoms with Crippen LogP contribution in [0.2, 0.25) is 0 Å². The number of nitrogens with two attached hydrogens (primary N) is 1. The molecule has 4 amide bonds. The van der Waals surface area contributed by atoms with Crippen molar-refractivity contribution in [1.29, 1.82) is 0 Å². The van der Waals surface area contributed by atoms with Crippen LogP contribution in [0.4, 0.5) is 8.78 Å². The zero-order valence-electron chi connectivity index (χ0n) is 26.3. The van der Waals surface area contributed by atoms with Crippen LogP contribution in [0.25, 0.3) is 0 Å². The second-order valence-corrected chi connectivity index (χ2v) is 11.1. The summed E-state index contributed by atoms with van der Waals surface area (Å²) in [4.78, 5) is 51.4. The fourth-order valence-corrected chi connectivity index (χ4v) is 4.13. The third kappa shape index (κ3) is 12.8. The number of nitrogens with zero attached hydrogens (tertiary/aromatic N) is 1. The Hall–Kier alpha value is -3.90. The highest BCUT2D eigenvalue weighted by atomic mass is 19.1. The van der Waals surface area contributed by atoms with Gasteiger partial charge in [-0.3, -0.25) is 19.2 Å². The van der Waals surface area contributed by atoms with Gasteiger partial charge < -0.3 is 31.5 Å². The Kier molecular flexibility index (Phi) is 16.2. The lowest BCUT2D eigenvalue weighted by Gasteiger charge is -2.24. The molecular formula is C32H46F2N4O6. The first kappa shape index (κ1) is 38.1. The van der Waals surface area contributed by atoms with Gasteiger partial charge >= 0.3 is 0 Å². The van der Waals surface area contributed by atoms with Crippen LogP contribution in [0, 0.1) is 30.4 Å². The first-order valence-electron chi connectivity index (χ1n) is 14.7. The predicted molar refractivity (Wildman–Crippen MR) is 164 cm³/mol. The van der Waals surface area contributed by atoms with E-state index in [2.05, 4.69) is 10.6 Å². The van der Waals surface area contributed by atoms with Crippen molar-refractivity contribution in [2.75, 3.05) is 26.2 Å². The van der Waals surface area contributed by atoms with E-state index in [1.807, 2.05) is 27.7 Å². The van der Waals surface area contributed by atoms with Gasteiger partial charge in [0.05, 0.1) is 18.1 Å². The average molecular weight is 621 g/mol. The molecule has 12 heteroatoms. The van der Waals surface area contributed by atoms with Gasteiger partial charge in [-0.05, 0) is 61.6 Å². The standard InChI is InChI=1S/C25H40N4O6.C7H6F2/c1-6-8-29(9-7-2)25(35)19-11-17(22(26)32)10-18(12-19)24(34)28-14-20(30)21(31)16(5)23(33)27-13-15(3)4;1-5-2-6(8)4-7(9)3-5/h10-12,15-16,20-21,30-31H,6-9,13-14H2,1-5H3,(H2,26,32)(H,27,33)(H,28,34);2-4H,1H3. The fraction of sp³-hybridized carbons (Fsp3) is 0.500. The molecule has 0 radical (unpaired) electrons. The molecule has 0 saturated carbocycles. The van der Waals surface area contributed by atoms with Crippen molar-refractivity contribution in [3.8, 4) is 0 Å². The number of nitrogens with one attached hydrogen (secondary N) is 2. The molecule has 2 aromatic rings. The third-order valence-corrected chi connectivity index (χ3v) is 6.48. The molecule has 44 heavy (non-hydrogen) atoms.